The summed E-state index contributed by atoms with van der Waals surface area (Å²) in [7, 11) is 0. The lowest BCUT2D eigenvalue weighted by atomic mass is 10.1. The summed E-state index contributed by atoms with van der Waals surface area (Å²) in [6.07, 6.45) is 0.789. The Bertz CT molecular complexity index is 1110. The molecule has 142 valence electrons. The number of benzene rings is 2. The zero-order valence-electron chi connectivity index (χ0n) is 15.5. The number of aryl methyl sites for hydroxylation is 1. The number of rotatable bonds is 6. The van der Waals surface area contributed by atoms with E-state index in [1.807, 2.05) is 32.0 Å². The molecule has 0 saturated carbocycles. The summed E-state index contributed by atoms with van der Waals surface area (Å²) >= 11 is 0. The molecule has 0 fully saturated rings. The molecule has 2 heterocycles. The molecule has 2 aromatic heterocycles. The number of halogens is 1. The topological polar surface area (TPSA) is 70.3 Å². The van der Waals surface area contributed by atoms with Crippen LogP contribution in [0.1, 0.15) is 18.9 Å². The lowest BCUT2D eigenvalue weighted by Crippen LogP contribution is -2.01. The zero-order valence-corrected chi connectivity index (χ0v) is 15.5. The molecule has 0 bridgehead atoms. The van der Waals surface area contributed by atoms with Crippen molar-refractivity contribution in [2.45, 2.75) is 20.3 Å². The van der Waals surface area contributed by atoms with Crippen molar-refractivity contribution < 1.29 is 18.3 Å². The van der Waals surface area contributed by atoms with Gasteiger partial charge in [-0.2, -0.15) is 9.97 Å². The number of hydrogen-bond donors (Lipinski definition) is 0. The molecule has 0 spiro atoms. The Morgan fingerprint density at radius 3 is 2.64 bits per heavy atom. The van der Waals surface area contributed by atoms with Crippen LogP contribution in [0, 0.1) is 12.7 Å². The van der Waals surface area contributed by atoms with E-state index in [0.29, 0.717) is 17.9 Å². The van der Waals surface area contributed by atoms with Gasteiger partial charge in [0.1, 0.15) is 11.6 Å². The minimum atomic E-state index is -0.429. The maximum atomic E-state index is 14.3. The van der Waals surface area contributed by atoms with E-state index in [1.54, 1.807) is 24.3 Å². The molecular weight excluding hydrogens is 361 g/mol. The van der Waals surface area contributed by atoms with E-state index < -0.39 is 5.82 Å². The van der Waals surface area contributed by atoms with Gasteiger partial charge in [0.25, 0.3) is 11.6 Å². The molecule has 0 unspecified atom stereocenters. The normalized spacial score (nSPS) is 11.0. The van der Waals surface area contributed by atoms with E-state index in [-0.39, 0.29) is 29.1 Å². The highest BCUT2D eigenvalue weighted by atomic mass is 19.1. The highest BCUT2D eigenvalue weighted by Crippen LogP contribution is 2.32. The van der Waals surface area contributed by atoms with E-state index >= 15 is 0 Å². The molecular formula is C21H18FN3O3. The van der Waals surface area contributed by atoms with Crippen molar-refractivity contribution in [3.05, 3.63) is 59.9 Å². The molecule has 0 aliphatic carbocycles. The van der Waals surface area contributed by atoms with Crippen LogP contribution in [0.5, 0.6) is 17.6 Å². The van der Waals surface area contributed by atoms with Gasteiger partial charge in [-0.1, -0.05) is 36.8 Å². The van der Waals surface area contributed by atoms with Crippen LogP contribution >= 0.6 is 0 Å². The average Bonchev–Trinajstić information content (AvgIpc) is 3.13. The van der Waals surface area contributed by atoms with Gasteiger partial charge in [-0.15, -0.1) is 0 Å². The maximum Gasteiger partial charge on any atom is 0.328 e. The van der Waals surface area contributed by atoms with Crippen LogP contribution < -0.4 is 9.47 Å². The van der Waals surface area contributed by atoms with Gasteiger partial charge >= 0.3 is 6.01 Å². The molecule has 0 saturated heterocycles. The van der Waals surface area contributed by atoms with Crippen molar-refractivity contribution in [2.75, 3.05) is 6.61 Å². The summed E-state index contributed by atoms with van der Waals surface area (Å²) in [4.78, 5) is 13.0. The Hall–Kier alpha value is -3.48. The SMILES string of the molecule is CCCOc1nc(Oc2ccccc2)nc2oc(-c3cc(C)ccc3F)nc12. The monoisotopic (exact) mass is 379 g/mol. The third-order valence-corrected chi connectivity index (χ3v) is 3.95. The minimum absolute atomic E-state index is 0.0669. The molecule has 4 rings (SSSR count). The van der Waals surface area contributed by atoms with Gasteiger partial charge in [-0.3, -0.25) is 0 Å². The molecule has 28 heavy (non-hydrogen) atoms. The highest BCUT2D eigenvalue weighted by Gasteiger charge is 2.20. The van der Waals surface area contributed by atoms with Gasteiger partial charge in [0.2, 0.25) is 5.89 Å². The minimum Gasteiger partial charge on any atom is -0.476 e. The quantitative estimate of drug-likeness (QED) is 0.452. The molecule has 7 heteroatoms. The lowest BCUT2D eigenvalue weighted by Gasteiger charge is -2.06. The molecule has 6 nitrogen and oxygen atoms in total. The van der Waals surface area contributed by atoms with E-state index in [0.717, 1.165) is 12.0 Å². The van der Waals surface area contributed by atoms with Crippen molar-refractivity contribution in [1.29, 1.82) is 0 Å². The molecule has 0 N–H and O–H groups in total. The Kier molecular flexibility index (Phi) is 4.89. The van der Waals surface area contributed by atoms with E-state index in [2.05, 4.69) is 15.0 Å². The second kappa shape index (κ2) is 7.64. The van der Waals surface area contributed by atoms with Gasteiger partial charge in [-0.05, 0) is 37.6 Å². The Morgan fingerprint density at radius 1 is 1.04 bits per heavy atom. The fourth-order valence-corrected chi connectivity index (χ4v) is 2.64. The Labute approximate surface area is 161 Å². The number of aromatic nitrogens is 3. The van der Waals surface area contributed by atoms with Crippen molar-refractivity contribution in [3.63, 3.8) is 0 Å². The van der Waals surface area contributed by atoms with Crippen LogP contribution in [0.4, 0.5) is 4.39 Å². The summed E-state index contributed by atoms with van der Waals surface area (Å²) in [5.74, 6) is 0.499. The fourth-order valence-electron chi connectivity index (χ4n) is 2.64. The maximum absolute atomic E-state index is 14.3. The third kappa shape index (κ3) is 3.64. The summed E-state index contributed by atoms with van der Waals surface area (Å²) in [6.45, 7) is 4.29. The molecule has 0 radical (unpaired) electrons. The second-order valence-electron chi connectivity index (χ2n) is 6.23. The first kappa shape index (κ1) is 17.9. The molecule has 0 atom stereocenters. The smallest absolute Gasteiger partial charge is 0.328 e. The number of para-hydroxylation sites is 1. The first-order valence-corrected chi connectivity index (χ1v) is 8.95. The molecule has 2 aromatic carbocycles. The van der Waals surface area contributed by atoms with Crippen LogP contribution in [0.15, 0.2) is 52.9 Å². The van der Waals surface area contributed by atoms with Gasteiger partial charge in [0.05, 0.1) is 12.2 Å². The van der Waals surface area contributed by atoms with Gasteiger partial charge < -0.3 is 13.9 Å². The third-order valence-electron chi connectivity index (χ3n) is 3.95. The number of oxazole rings is 1. The Morgan fingerprint density at radius 2 is 1.86 bits per heavy atom. The zero-order chi connectivity index (χ0) is 19.5. The van der Waals surface area contributed by atoms with Crippen LogP contribution in [-0.2, 0) is 0 Å². The predicted molar refractivity (Wildman–Crippen MR) is 102 cm³/mol. The standard InChI is InChI=1S/C21H18FN3O3/c1-3-11-26-19-17-20(25-21(24-19)27-14-7-5-4-6-8-14)28-18(23-17)15-12-13(2)9-10-16(15)22/h4-10,12H,3,11H2,1-2H3. The Balaban J connectivity index is 1.80. The van der Waals surface area contributed by atoms with Crippen LogP contribution in [0.25, 0.3) is 22.7 Å². The summed E-state index contributed by atoms with van der Waals surface area (Å²) in [5.41, 5.74) is 1.64. The van der Waals surface area contributed by atoms with Gasteiger partial charge in [0.15, 0.2) is 5.52 Å². The fraction of sp³-hybridized carbons (Fsp3) is 0.190. The largest absolute Gasteiger partial charge is 0.476 e. The van der Waals surface area contributed by atoms with Gasteiger partial charge in [-0.25, -0.2) is 9.37 Å². The summed E-state index contributed by atoms with van der Waals surface area (Å²) in [6, 6.07) is 13.9. The second-order valence-corrected chi connectivity index (χ2v) is 6.23. The number of hydrogen-bond acceptors (Lipinski definition) is 6. The van der Waals surface area contributed by atoms with E-state index in [4.69, 9.17) is 13.9 Å². The predicted octanol–water partition coefficient (Wildman–Crippen LogP) is 5.31. The van der Waals surface area contributed by atoms with Crippen molar-refractivity contribution >= 4 is 11.2 Å². The highest BCUT2D eigenvalue weighted by molar-refractivity contribution is 5.78. The summed E-state index contributed by atoms with van der Waals surface area (Å²) < 4.78 is 31.4. The van der Waals surface area contributed by atoms with Crippen LogP contribution in [-0.4, -0.2) is 21.6 Å². The summed E-state index contributed by atoms with van der Waals surface area (Å²) in [5, 5.41) is 0. The lowest BCUT2D eigenvalue weighted by molar-refractivity contribution is 0.302. The molecule has 4 aromatic rings. The van der Waals surface area contributed by atoms with Crippen LogP contribution in [0.3, 0.4) is 0 Å². The van der Waals surface area contributed by atoms with E-state index in [1.165, 1.54) is 6.07 Å². The number of ether oxygens (including phenoxy) is 2. The molecule has 0 amide bonds. The van der Waals surface area contributed by atoms with Gasteiger partial charge in [0, 0.05) is 0 Å². The van der Waals surface area contributed by atoms with Crippen molar-refractivity contribution in [3.8, 4) is 29.1 Å². The average molecular weight is 379 g/mol. The van der Waals surface area contributed by atoms with E-state index in [9.17, 15) is 4.39 Å². The molecule has 0 aliphatic heterocycles. The number of nitrogens with zero attached hydrogens (tertiary/aromatic N) is 3. The number of fused-ring (bicyclic) bond motifs is 1. The van der Waals surface area contributed by atoms with Crippen molar-refractivity contribution in [1.82, 2.24) is 15.0 Å². The first-order valence-electron chi connectivity index (χ1n) is 8.95. The van der Waals surface area contributed by atoms with Crippen LogP contribution in [0.2, 0.25) is 0 Å². The molecule has 0 aliphatic rings. The van der Waals surface area contributed by atoms with Crippen molar-refractivity contribution in [2.24, 2.45) is 0 Å². The first-order chi connectivity index (χ1) is 13.6.